The van der Waals surface area contributed by atoms with Crippen LogP contribution in [0.3, 0.4) is 0 Å². The molecule has 0 aromatic rings. The first-order valence-corrected chi connectivity index (χ1v) is 5.59. The molecule has 94 valence electrons. The Hall–Kier alpha value is -1.10. The Kier molecular flexibility index (Phi) is 8.52. The van der Waals surface area contributed by atoms with E-state index < -0.39 is 18.0 Å². The third-order valence-corrected chi connectivity index (χ3v) is 1.74. The van der Waals surface area contributed by atoms with Crippen molar-refractivity contribution >= 4 is 11.9 Å². The normalized spacial score (nSPS) is 10.2. The summed E-state index contributed by atoms with van der Waals surface area (Å²) in [6, 6.07) is 0. The van der Waals surface area contributed by atoms with Crippen LogP contribution in [0.25, 0.3) is 0 Å². The molecule has 0 radical (unpaired) electrons. The molecule has 0 bridgehead atoms. The third kappa shape index (κ3) is 8.23. The van der Waals surface area contributed by atoms with Gasteiger partial charge in [-0.1, -0.05) is 13.8 Å². The van der Waals surface area contributed by atoms with Gasteiger partial charge in [0.2, 0.25) is 0 Å². The van der Waals surface area contributed by atoms with Gasteiger partial charge in [-0.25, -0.2) is 0 Å². The largest absolute Gasteiger partial charge is 0.466 e. The minimum absolute atomic E-state index is 0.165. The van der Waals surface area contributed by atoms with Gasteiger partial charge in [-0.3, -0.25) is 9.59 Å². The molecule has 0 aromatic heterocycles. The highest BCUT2D eigenvalue weighted by Gasteiger charge is 2.16. The van der Waals surface area contributed by atoms with E-state index in [0.717, 1.165) is 12.8 Å². The smallest absolute Gasteiger partial charge is 0.308 e. The molecular weight excluding hydrogens is 212 g/mol. The highest BCUT2D eigenvalue weighted by molar-refractivity contribution is 5.73. The Morgan fingerprint density at radius 3 is 1.69 bits per heavy atom. The van der Waals surface area contributed by atoms with Crippen molar-refractivity contribution in [2.75, 3.05) is 13.2 Å². The lowest BCUT2D eigenvalue weighted by Crippen LogP contribution is -2.21. The number of hydrogen-bond donors (Lipinski definition) is 1. The van der Waals surface area contributed by atoms with Crippen molar-refractivity contribution in [3.8, 4) is 0 Å². The first-order chi connectivity index (χ1) is 7.60. The first kappa shape index (κ1) is 14.9. The molecule has 0 saturated heterocycles. The monoisotopic (exact) mass is 232 g/mol. The molecule has 0 fully saturated rings. The lowest BCUT2D eigenvalue weighted by Gasteiger charge is -2.09. The summed E-state index contributed by atoms with van der Waals surface area (Å²) >= 11 is 0. The number of esters is 2. The maximum absolute atomic E-state index is 11.1. The summed E-state index contributed by atoms with van der Waals surface area (Å²) in [5.41, 5.74) is 0. The summed E-state index contributed by atoms with van der Waals surface area (Å²) in [5, 5.41) is 9.39. The van der Waals surface area contributed by atoms with Crippen LogP contribution in [0.1, 0.15) is 39.5 Å². The van der Waals surface area contributed by atoms with Gasteiger partial charge in [0.25, 0.3) is 0 Å². The van der Waals surface area contributed by atoms with Crippen LogP contribution in [-0.2, 0) is 19.1 Å². The molecule has 5 heteroatoms. The van der Waals surface area contributed by atoms with Gasteiger partial charge in [0.05, 0.1) is 32.2 Å². The van der Waals surface area contributed by atoms with E-state index in [2.05, 4.69) is 0 Å². The number of aliphatic hydroxyl groups is 1. The molecule has 0 aliphatic rings. The fraction of sp³-hybridized carbons (Fsp3) is 0.818. The molecule has 0 heterocycles. The van der Waals surface area contributed by atoms with Crippen LogP contribution in [0.2, 0.25) is 0 Å². The summed E-state index contributed by atoms with van der Waals surface area (Å²) < 4.78 is 9.55. The number of carbonyl (C=O) groups is 2. The summed E-state index contributed by atoms with van der Waals surface area (Å²) in [4.78, 5) is 22.1. The Bertz CT molecular complexity index is 192. The number of rotatable bonds is 8. The fourth-order valence-corrected chi connectivity index (χ4v) is 1.01. The standard InChI is InChI=1S/C11H20O5/c1-3-5-15-10(13)7-9(12)8-11(14)16-6-4-2/h9,12H,3-8H2,1-2H3. The number of ether oxygens (including phenoxy) is 2. The molecule has 0 rings (SSSR count). The zero-order valence-electron chi connectivity index (χ0n) is 9.90. The molecular formula is C11H20O5. The predicted molar refractivity (Wildman–Crippen MR) is 57.7 cm³/mol. The van der Waals surface area contributed by atoms with Crippen LogP contribution in [0, 0.1) is 0 Å². The molecule has 0 saturated carbocycles. The van der Waals surface area contributed by atoms with Gasteiger partial charge in [-0.2, -0.15) is 0 Å². The average molecular weight is 232 g/mol. The summed E-state index contributed by atoms with van der Waals surface area (Å²) in [6.45, 7) is 4.44. The Morgan fingerprint density at radius 1 is 1.00 bits per heavy atom. The quantitative estimate of drug-likeness (QED) is 0.633. The Morgan fingerprint density at radius 2 is 1.38 bits per heavy atom. The molecule has 1 N–H and O–H groups in total. The van der Waals surface area contributed by atoms with E-state index >= 15 is 0 Å². The molecule has 16 heavy (non-hydrogen) atoms. The minimum Gasteiger partial charge on any atom is -0.466 e. The van der Waals surface area contributed by atoms with E-state index in [9.17, 15) is 14.7 Å². The molecule has 0 aliphatic heterocycles. The Balaban J connectivity index is 3.67. The van der Waals surface area contributed by atoms with E-state index in [1.807, 2.05) is 13.8 Å². The summed E-state index contributed by atoms with van der Waals surface area (Å²) in [5.74, 6) is -0.977. The first-order valence-electron chi connectivity index (χ1n) is 5.59. The van der Waals surface area contributed by atoms with Gasteiger partial charge in [0.1, 0.15) is 0 Å². The van der Waals surface area contributed by atoms with Crippen molar-refractivity contribution in [1.29, 1.82) is 0 Å². The van der Waals surface area contributed by atoms with Gasteiger partial charge in [-0.05, 0) is 12.8 Å². The van der Waals surface area contributed by atoms with Crippen molar-refractivity contribution in [2.24, 2.45) is 0 Å². The third-order valence-electron chi connectivity index (χ3n) is 1.74. The van der Waals surface area contributed by atoms with E-state index in [0.29, 0.717) is 13.2 Å². The van der Waals surface area contributed by atoms with Gasteiger partial charge < -0.3 is 14.6 Å². The second-order valence-corrected chi connectivity index (χ2v) is 3.50. The minimum atomic E-state index is -1.02. The van der Waals surface area contributed by atoms with Gasteiger partial charge in [0, 0.05) is 0 Å². The Labute approximate surface area is 95.7 Å². The highest BCUT2D eigenvalue weighted by Crippen LogP contribution is 2.02. The molecule has 0 atom stereocenters. The second kappa shape index (κ2) is 9.15. The van der Waals surface area contributed by atoms with Crippen LogP contribution in [0.15, 0.2) is 0 Å². The maximum Gasteiger partial charge on any atom is 0.308 e. The van der Waals surface area contributed by atoms with Crippen molar-refractivity contribution in [2.45, 2.75) is 45.6 Å². The molecule has 0 aliphatic carbocycles. The zero-order valence-corrected chi connectivity index (χ0v) is 9.90. The van der Waals surface area contributed by atoms with Crippen LogP contribution in [0.5, 0.6) is 0 Å². The van der Waals surface area contributed by atoms with Crippen LogP contribution in [-0.4, -0.2) is 36.4 Å². The van der Waals surface area contributed by atoms with E-state index in [1.54, 1.807) is 0 Å². The molecule has 0 aromatic carbocycles. The molecule has 0 amide bonds. The lowest BCUT2D eigenvalue weighted by atomic mass is 10.2. The second-order valence-electron chi connectivity index (χ2n) is 3.50. The summed E-state index contributed by atoms with van der Waals surface area (Å²) in [7, 11) is 0. The predicted octanol–water partition coefficient (Wildman–Crippen LogP) is 1.03. The molecule has 5 nitrogen and oxygen atoms in total. The van der Waals surface area contributed by atoms with Crippen molar-refractivity contribution in [3.05, 3.63) is 0 Å². The average Bonchev–Trinajstić information content (AvgIpc) is 2.23. The molecule has 0 spiro atoms. The molecule has 0 unspecified atom stereocenters. The van der Waals surface area contributed by atoms with Crippen molar-refractivity contribution < 1.29 is 24.2 Å². The van der Waals surface area contributed by atoms with E-state index in [1.165, 1.54) is 0 Å². The van der Waals surface area contributed by atoms with Crippen LogP contribution >= 0.6 is 0 Å². The summed E-state index contributed by atoms with van der Waals surface area (Å²) in [6.07, 6.45) is 0.122. The van der Waals surface area contributed by atoms with E-state index in [-0.39, 0.29) is 12.8 Å². The SMILES string of the molecule is CCCOC(=O)CC(O)CC(=O)OCCC. The van der Waals surface area contributed by atoms with Crippen molar-refractivity contribution in [3.63, 3.8) is 0 Å². The van der Waals surface area contributed by atoms with Gasteiger partial charge in [0.15, 0.2) is 0 Å². The van der Waals surface area contributed by atoms with Crippen LogP contribution in [0.4, 0.5) is 0 Å². The maximum atomic E-state index is 11.1. The topological polar surface area (TPSA) is 72.8 Å². The number of hydrogen-bond acceptors (Lipinski definition) is 5. The number of aliphatic hydroxyl groups excluding tert-OH is 1. The highest BCUT2D eigenvalue weighted by atomic mass is 16.5. The zero-order chi connectivity index (χ0) is 12.4. The fourth-order valence-electron chi connectivity index (χ4n) is 1.01. The van der Waals surface area contributed by atoms with E-state index in [4.69, 9.17) is 9.47 Å². The lowest BCUT2D eigenvalue weighted by molar-refractivity contribution is -0.149. The number of carbonyl (C=O) groups excluding carboxylic acids is 2. The van der Waals surface area contributed by atoms with Gasteiger partial charge in [-0.15, -0.1) is 0 Å². The van der Waals surface area contributed by atoms with Crippen LogP contribution < -0.4 is 0 Å². The van der Waals surface area contributed by atoms with Crippen molar-refractivity contribution in [1.82, 2.24) is 0 Å². The van der Waals surface area contributed by atoms with Gasteiger partial charge >= 0.3 is 11.9 Å².